The average Bonchev–Trinajstić information content (AvgIpc) is 3.55. The van der Waals surface area contributed by atoms with Gasteiger partial charge in [-0.1, -0.05) is 12.1 Å². The van der Waals surface area contributed by atoms with Crippen molar-refractivity contribution in [3.63, 3.8) is 0 Å². The summed E-state index contributed by atoms with van der Waals surface area (Å²) in [6.07, 6.45) is 2.03. The van der Waals surface area contributed by atoms with Gasteiger partial charge in [-0.15, -0.1) is 0 Å². The molecule has 248 valence electrons. The molecule has 1 saturated heterocycles. The highest BCUT2D eigenvalue weighted by molar-refractivity contribution is 5.97. The molecule has 0 bridgehead atoms. The number of anilines is 5. The minimum atomic E-state index is -0.635. The van der Waals surface area contributed by atoms with Crippen LogP contribution in [0.4, 0.5) is 33.5 Å². The van der Waals surface area contributed by atoms with Crippen LogP contribution in [-0.2, 0) is 9.47 Å². The van der Waals surface area contributed by atoms with Gasteiger partial charge in [-0.2, -0.15) is 4.98 Å². The zero-order chi connectivity index (χ0) is 33.3. The van der Waals surface area contributed by atoms with Crippen LogP contribution in [-0.4, -0.2) is 84.7 Å². The average molecular weight is 642 g/mol. The van der Waals surface area contributed by atoms with Crippen molar-refractivity contribution in [1.29, 1.82) is 0 Å². The molecule has 1 atom stereocenters. The Hall–Kier alpha value is -4.68. The van der Waals surface area contributed by atoms with Crippen LogP contribution in [0, 0.1) is 6.92 Å². The normalized spacial score (nSPS) is 16.4. The standard InChI is InChI=1S/C35H43N7O5/c1-23-8-7-9-28-30(23)41(34(44)47-35(2,3)4)16-15-40(28)29-20-24-21-36-33(38-31(24)42(32(29)43)26-14-18-45-22-26)37-25-10-12-27(13-11-25)46-19-17-39(5)6/h7-13,20-21,26H,14-19,22H2,1-6H3,(H,36,37,38). The summed E-state index contributed by atoms with van der Waals surface area (Å²) < 4.78 is 19.0. The summed E-state index contributed by atoms with van der Waals surface area (Å²) in [5.74, 6) is 1.16. The molecule has 6 rings (SSSR count). The minimum Gasteiger partial charge on any atom is -0.492 e. The van der Waals surface area contributed by atoms with Crippen LogP contribution in [0.15, 0.2) is 59.5 Å². The zero-order valence-corrected chi connectivity index (χ0v) is 27.9. The number of pyridine rings is 1. The van der Waals surface area contributed by atoms with Gasteiger partial charge >= 0.3 is 6.09 Å². The molecule has 2 aromatic heterocycles. The van der Waals surface area contributed by atoms with Crippen molar-refractivity contribution in [1.82, 2.24) is 19.4 Å². The number of aromatic nitrogens is 3. The van der Waals surface area contributed by atoms with Crippen LogP contribution in [0.25, 0.3) is 11.0 Å². The van der Waals surface area contributed by atoms with Crippen molar-refractivity contribution in [2.24, 2.45) is 0 Å². The van der Waals surface area contributed by atoms with Crippen molar-refractivity contribution in [3.8, 4) is 5.75 Å². The van der Waals surface area contributed by atoms with E-state index in [4.69, 9.17) is 19.2 Å². The lowest BCUT2D eigenvalue weighted by Gasteiger charge is -2.39. The maximum atomic E-state index is 14.5. The molecule has 2 aliphatic heterocycles. The molecule has 4 aromatic rings. The lowest BCUT2D eigenvalue weighted by molar-refractivity contribution is 0.0580. The van der Waals surface area contributed by atoms with Gasteiger partial charge in [-0.3, -0.25) is 14.3 Å². The van der Waals surface area contributed by atoms with E-state index in [9.17, 15) is 9.59 Å². The summed E-state index contributed by atoms with van der Waals surface area (Å²) in [5.41, 5.74) is 3.43. The van der Waals surface area contributed by atoms with Crippen molar-refractivity contribution < 1.29 is 19.0 Å². The molecule has 1 unspecified atom stereocenters. The second-order valence-corrected chi connectivity index (χ2v) is 13.2. The SMILES string of the molecule is Cc1cccc2c1N(C(=O)OC(C)(C)C)CCN2c1cc2cnc(Nc3ccc(OCCN(C)C)cc3)nc2n(C2CCOC2)c1=O. The topological polar surface area (TPSA) is 114 Å². The van der Waals surface area contributed by atoms with E-state index in [0.717, 1.165) is 40.3 Å². The molecule has 47 heavy (non-hydrogen) atoms. The van der Waals surface area contributed by atoms with E-state index in [1.807, 2.05) is 95.2 Å². The summed E-state index contributed by atoms with van der Waals surface area (Å²) in [6.45, 7) is 10.7. The highest BCUT2D eigenvalue weighted by atomic mass is 16.6. The van der Waals surface area contributed by atoms with Crippen molar-refractivity contribution in [3.05, 3.63) is 70.6 Å². The van der Waals surface area contributed by atoms with Gasteiger partial charge in [-0.25, -0.2) is 9.78 Å². The van der Waals surface area contributed by atoms with Crippen molar-refractivity contribution in [2.75, 3.05) is 68.7 Å². The molecule has 0 aliphatic carbocycles. The number of hydrogen-bond acceptors (Lipinski definition) is 10. The third kappa shape index (κ3) is 7.03. The molecule has 12 nitrogen and oxygen atoms in total. The van der Waals surface area contributed by atoms with E-state index in [0.29, 0.717) is 56.6 Å². The molecule has 4 heterocycles. The number of rotatable bonds is 8. The highest BCUT2D eigenvalue weighted by Gasteiger charge is 2.34. The number of benzene rings is 2. The number of nitrogens with zero attached hydrogens (tertiary/aromatic N) is 6. The van der Waals surface area contributed by atoms with Crippen LogP contribution in [0.2, 0.25) is 0 Å². The van der Waals surface area contributed by atoms with Gasteiger partial charge in [-0.05, 0) is 90.2 Å². The lowest BCUT2D eigenvalue weighted by atomic mass is 10.1. The Kier molecular flexibility index (Phi) is 9.07. The van der Waals surface area contributed by atoms with Gasteiger partial charge in [0.25, 0.3) is 5.56 Å². The fourth-order valence-corrected chi connectivity index (χ4v) is 5.93. The zero-order valence-electron chi connectivity index (χ0n) is 27.9. The molecule has 12 heteroatoms. The molecule has 1 amide bonds. The summed E-state index contributed by atoms with van der Waals surface area (Å²) in [5, 5.41) is 4.00. The predicted molar refractivity (Wildman–Crippen MR) is 184 cm³/mol. The van der Waals surface area contributed by atoms with Crippen LogP contribution < -0.4 is 25.4 Å². The van der Waals surface area contributed by atoms with E-state index in [2.05, 4.69) is 15.2 Å². The van der Waals surface area contributed by atoms with Gasteiger partial charge in [0.1, 0.15) is 29.3 Å². The number of likely N-dealkylation sites (N-methyl/N-ethyl adjacent to an activating group) is 1. The number of para-hydroxylation sites is 1. The predicted octanol–water partition coefficient (Wildman–Crippen LogP) is 5.64. The first-order chi connectivity index (χ1) is 22.5. The molecule has 0 saturated carbocycles. The number of amides is 1. The maximum Gasteiger partial charge on any atom is 0.414 e. The van der Waals surface area contributed by atoms with E-state index in [1.54, 1.807) is 15.7 Å². The summed E-state index contributed by atoms with van der Waals surface area (Å²) in [6, 6.07) is 15.1. The monoisotopic (exact) mass is 641 g/mol. The first-order valence-corrected chi connectivity index (χ1v) is 16.0. The first-order valence-electron chi connectivity index (χ1n) is 16.0. The Morgan fingerprint density at radius 2 is 1.89 bits per heavy atom. The molecular weight excluding hydrogens is 598 g/mol. The second-order valence-electron chi connectivity index (χ2n) is 13.2. The lowest BCUT2D eigenvalue weighted by Crippen LogP contribution is -2.46. The largest absolute Gasteiger partial charge is 0.492 e. The smallest absolute Gasteiger partial charge is 0.414 e. The van der Waals surface area contributed by atoms with Crippen LogP contribution in [0.1, 0.15) is 38.8 Å². The molecule has 0 radical (unpaired) electrons. The Morgan fingerprint density at radius 3 is 2.60 bits per heavy atom. The van der Waals surface area contributed by atoms with Crippen molar-refractivity contribution >= 4 is 45.8 Å². The molecule has 1 N–H and O–H groups in total. The molecule has 2 aliphatic rings. The summed E-state index contributed by atoms with van der Waals surface area (Å²) >= 11 is 0. The Bertz CT molecular complexity index is 1810. The van der Waals surface area contributed by atoms with Crippen LogP contribution in [0.5, 0.6) is 5.75 Å². The first kappa shape index (κ1) is 32.3. The van der Waals surface area contributed by atoms with Crippen LogP contribution in [0.3, 0.4) is 0 Å². The summed E-state index contributed by atoms with van der Waals surface area (Å²) in [7, 11) is 4.02. The number of carbonyl (C=O) groups excluding carboxylic acids is 1. The number of ether oxygens (including phenoxy) is 3. The van der Waals surface area contributed by atoms with Gasteiger partial charge in [0.2, 0.25) is 5.95 Å². The third-order valence-electron chi connectivity index (χ3n) is 8.17. The fourth-order valence-electron chi connectivity index (χ4n) is 5.93. The Balaban J connectivity index is 1.35. The molecular formula is C35H43N7O5. The Morgan fingerprint density at radius 1 is 1.11 bits per heavy atom. The Labute approximate surface area is 274 Å². The number of aryl methyl sites for hydroxylation is 1. The van der Waals surface area contributed by atoms with Crippen molar-refractivity contribution in [2.45, 2.75) is 45.8 Å². The molecule has 1 fully saturated rings. The van der Waals surface area contributed by atoms with Gasteiger partial charge in [0, 0.05) is 43.5 Å². The third-order valence-corrected chi connectivity index (χ3v) is 8.17. The van der Waals surface area contributed by atoms with E-state index < -0.39 is 11.7 Å². The minimum absolute atomic E-state index is 0.171. The summed E-state index contributed by atoms with van der Waals surface area (Å²) in [4.78, 5) is 42.9. The quantitative estimate of drug-likeness (QED) is 0.259. The van der Waals surface area contributed by atoms with E-state index in [1.165, 1.54) is 0 Å². The number of hydrogen-bond donors (Lipinski definition) is 1. The number of nitrogens with one attached hydrogen (secondary N) is 1. The van der Waals surface area contributed by atoms with Gasteiger partial charge in [0.05, 0.1) is 24.0 Å². The van der Waals surface area contributed by atoms with E-state index >= 15 is 0 Å². The number of fused-ring (bicyclic) bond motifs is 2. The highest BCUT2D eigenvalue weighted by Crippen LogP contribution is 2.40. The van der Waals surface area contributed by atoms with Crippen LogP contribution >= 0.6 is 0 Å². The van der Waals surface area contributed by atoms with Gasteiger partial charge < -0.3 is 29.3 Å². The number of carbonyl (C=O) groups is 1. The van der Waals surface area contributed by atoms with E-state index in [-0.39, 0.29) is 11.6 Å². The maximum absolute atomic E-state index is 14.5. The molecule has 0 spiro atoms. The van der Waals surface area contributed by atoms with Gasteiger partial charge in [0.15, 0.2) is 0 Å². The molecule has 2 aromatic carbocycles. The second kappa shape index (κ2) is 13.2. The fraction of sp³-hybridized carbons (Fsp3) is 0.429.